The molecule has 27 heavy (non-hydrogen) atoms. The predicted octanol–water partition coefficient (Wildman–Crippen LogP) is 4.13. The second kappa shape index (κ2) is 6.47. The molecule has 0 heterocycles. The lowest BCUT2D eigenvalue weighted by atomic mass is 9.82. The normalized spacial score (nSPS) is 31.9. The van der Waals surface area contributed by atoms with Gasteiger partial charge in [-0.15, -0.1) is 0 Å². The van der Waals surface area contributed by atoms with Crippen LogP contribution in [0.4, 0.5) is 5.69 Å². The van der Waals surface area contributed by atoms with Gasteiger partial charge in [0.2, 0.25) is 11.8 Å². The summed E-state index contributed by atoms with van der Waals surface area (Å²) in [5.74, 6) is 1.76. The zero-order valence-corrected chi connectivity index (χ0v) is 16.9. The van der Waals surface area contributed by atoms with Crippen molar-refractivity contribution in [3.8, 4) is 0 Å². The molecule has 5 heteroatoms. The standard InChI is InChI=1S/C22H25BrN2O2/c23-14-3-5-15(6-4-14)25-21(27)20-16(12-24-19(26)11-13-1-2-13)17-7-8-18(20)22(17)9-10-22/h3-8,13,16-18,20H,1-2,9-12H2,(H,24,26)(H,25,27)/t16-,17-,18+,20+/m1/s1. The van der Waals surface area contributed by atoms with E-state index in [1.807, 2.05) is 24.3 Å². The third-order valence-corrected chi connectivity index (χ3v) is 7.64. The van der Waals surface area contributed by atoms with Gasteiger partial charge in [-0.25, -0.2) is 0 Å². The average Bonchev–Trinajstić information content (AvgIpc) is 3.55. The molecule has 1 aromatic rings. The number of benzene rings is 1. The zero-order valence-electron chi connectivity index (χ0n) is 15.3. The van der Waals surface area contributed by atoms with Gasteiger partial charge in [-0.2, -0.15) is 0 Å². The Morgan fingerprint density at radius 2 is 1.78 bits per heavy atom. The van der Waals surface area contributed by atoms with E-state index >= 15 is 0 Å². The van der Waals surface area contributed by atoms with Crippen molar-refractivity contribution in [2.45, 2.75) is 32.1 Å². The Bertz CT molecular complexity index is 795. The Morgan fingerprint density at radius 1 is 1.07 bits per heavy atom. The van der Waals surface area contributed by atoms with Crippen LogP contribution in [0.25, 0.3) is 0 Å². The summed E-state index contributed by atoms with van der Waals surface area (Å²) >= 11 is 3.43. The molecule has 0 unspecified atom stereocenters. The van der Waals surface area contributed by atoms with Gasteiger partial charge in [-0.05, 0) is 79.0 Å². The molecule has 3 saturated carbocycles. The third kappa shape index (κ3) is 3.14. The molecule has 2 N–H and O–H groups in total. The van der Waals surface area contributed by atoms with Crippen molar-refractivity contribution in [2.75, 3.05) is 11.9 Å². The molecule has 5 rings (SSSR count). The summed E-state index contributed by atoms with van der Waals surface area (Å²) in [6.45, 7) is 0.622. The Hall–Kier alpha value is -1.62. The topological polar surface area (TPSA) is 58.2 Å². The van der Waals surface area contributed by atoms with Crippen LogP contribution in [0.1, 0.15) is 32.1 Å². The molecule has 2 amide bonds. The zero-order chi connectivity index (χ0) is 18.6. The van der Waals surface area contributed by atoms with Crippen LogP contribution in [0.5, 0.6) is 0 Å². The molecular formula is C22H25BrN2O2. The van der Waals surface area contributed by atoms with E-state index in [1.165, 1.54) is 25.7 Å². The number of nitrogens with one attached hydrogen (secondary N) is 2. The first-order valence-corrected chi connectivity index (χ1v) is 10.9. The first-order valence-electron chi connectivity index (χ1n) is 10.1. The number of carbonyl (C=O) groups is 2. The molecule has 4 atom stereocenters. The van der Waals surface area contributed by atoms with Gasteiger partial charge in [0.15, 0.2) is 0 Å². The molecular weight excluding hydrogens is 404 g/mol. The van der Waals surface area contributed by atoms with E-state index in [2.05, 4.69) is 38.7 Å². The van der Waals surface area contributed by atoms with Gasteiger partial charge in [0, 0.05) is 23.1 Å². The number of halogens is 1. The molecule has 0 radical (unpaired) electrons. The summed E-state index contributed by atoms with van der Waals surface area (Å²) in [5, 5.41) is 6.26. The number of rotatable bonds is 6. The maximum atomic E-state index is 13.2. The highest BCUT2D eigenvalue weighted by Crippen LogP contribution is 2.71. The van der Waals surface area contributed by atoms with Crippen molar-refractivity contribution in [1.29, 1.82) is 0 Å². The molecule has 4 aliphatic carbocycles. The molecule has 0 saturated heterocycles. The van der Waals surface area contributed by atoms with Crippen LogP contribution in [0.3, 0.4) is 0 Å². The smallest absolute Gasteiger partial charge is 0.228 e. The third-order valence-electron chi connectivity index (χ3n) is 7.11. The Kier molecular flexibility index (Phi) is 4.19. The van der Waals surface area contributed by atoms with Crippen LogP contribution in [-0.4, -0.2) is 18.4 Å². The molecule has 3 fully saturated rings. The monoisotopic (exact) mass is 428 g/mol. The summed E-state index contributed by atoms with van der Waals surface area (Å²) in [6.07, 6.45) is 10.0. The second-order valence-corrected chi connectivity index (χ2v) is 9.72. The van der Waals surface area contributed by atoms with Gasteiger partial charge in [-0.1, -0.05) is 28.1 Å². The van der Waals surface area contributed by atoms with Gasteiger partial charge >= 0.3 is 0 Å². The van der Waals surface area contributed by atoms with Crippen LogP contribution in [0, 0.1) is 35.0 Å². The minimum atomic E-state index is -0.0487. The highest BCUT2D eigenvalue weighted by atomic mass is 79.9. The van der Waals surface area contributed by atoms with Crippen LogP contribution in [-0.2, 0) is 9.59 Å². The van der Waals surface area contributed by atoms with Crippen molar-refractivity contribution in [3.63, 3.8) is 0 Å². The maximum absolute atomic E-state index is 13.2. The summed E-state index contributed by atoms with van der Waals surface area (Å²) in [4.78, 5) is 25.4. The largest absolute Gasteiger partial charge is 0.356 e. The molecule has 1 aromatic carbocycles. The van der Waals surface area contributed by atoms with Crippen molar-refractivity contribution < 1.29 is 9.59 Å². The van der Waals surface area contributed by atoms with Crippen molar-refractivity contribution in [1.82, 2.24) is 5.32 Å². The fourth-order valence-electron chi connectivity index (χ4n) is 5.45. The van der Waals surface area contributed by atoms with E-state index in [0.29, 0.717) is 36.1 Å². The van der Waals surface area contributed by atoms with Crippen LogP contribution < -0.4 is 10.6 Å². The first-order chi connectivity index (χ1) is 13.1. The summed E-state index contributed by atoms with van der Waals surface area (Å²) < 4.78 is 0.997. The van der Waals surface area contributed by atoms with Gasteiger partial charge in [0.05, 0.1) is 5.92 Å². The second-order valence-electron chi connectivity index (χ2n) is 8.81. The van der Waals surface area contributed by atoms with E-state index in [-0.39, 0.29) is 23.7 Å². The molecule has 4 nitrogen and oxygen atoms in total. The first kappa shape index (κ1) is 17.5. The number of hydrogen-bond donors (Lipinski definition) is 2. The van der Waals surface area contributed by atoms with Gasteiger partial charge in [0.25, 0.3) is 0 Å². The van der Waals surface area contributed by atoms with Crippen molar-refractivity contribution in [3.05, 3.63) is 40.9 Å². The van der Waals surface area contributed by atoms with E-state index in [9.17, 15) is 9.59 Å². The molecule has 0 aliphatic heterocycles. The lowest BCUT2D eigenvalue weighted by Crippen LogP contribution is -2.39. The quantitative estimate of drug-likeness (QED) is 0.669. The Labute approximate surface area is 168 Å². The summed E-state index contributed by atoms with van der Waals surface area (Å²) in [7, 11) is 0. The highest BCUT2D eigenvalue weighted by Gasteiger charge is 2.68. The Morgan fingerprint density at radius 3 is 2.44 bits per heavy atom. The lowest BCUT2D eigenvalue weighted by molar-refractivity contribution is -0.124. The van der Waals surface area contributed by atoms with Gasteiger partial charge in [0.1, 0.15) is 0 Å². The minimum Gasteiger partial charge on any atom is -0.356 e. The number of amides is 2. The van der Waals surface area contributed by atoms with E-state index in [4.69, 9.17) is 0 Å². The highest BCUT2D eigenvalue weighted by molar-refractivity contribution is 9.10. The van der Waals surface area contributed by atoms with Crippen molar-refractivity contribution >= 4 is 33.4 Å². The Balaban J connectivity index is 1.30. The van der Waals surface area contributed by atoms with E-state index in [1.54, 1.807) is 0 Å². The minimum absolute atomic E-state index is 0.0487. The SMILES string of the molecule is O=C(CC1CC1)NC[C@H]1[C@H](C(=O)Nc2ccc(Br)cc2)[C@@H]2C=C[C@H]1C21CC1. The fraction of sp³-hybridized carbons (Fsp3) is 0.545. The summed E-state index contributed by atoms with van der Waals surface area (Å²) in [6, 6.07) is 7.72. The maximum Gasteiger partial charge on any atom is 0.228 e. The summed E-state index contributed by atoms with van der Waals surface area (Å²) in [5.41, 5.74) is 1.13. The van der Waals surface area contributed by atoms with E-state index in [0.717, 1.165) is 10.2 Å². The predicted molar refractivity (Wildman–Crippen MR) is 108 cm³/mol. The number of hydrogen-bond acceptors (Lipinski definition) is 2. The van der Waals surface area contributed by atoms with Crippen LogP contribution in [0.2, 0.25) is 0 Å². The number of carbonyl (C=O) groups excluding carboxylic acids is 2. The van der Waals surface area contributed by atoms with Gasteiger partial charge in [-0.3, -0.25) is 9.59 Å². The van der Waals surface area contributed by atoms with Crippen LogP contribution in [0.15, 0.2) is 40.9 Å². The lowest BCUT2D eigenvalue weighted by Gasteiger charge is -2.27. The number of anilines is 1. The van der Waals surface area contributed by atoms with E-state index < -0.39 is 0 Å². The molecule has 1 spiro atoms. The van der Waals surface area contributed by atoms with Gasteiger partial charge < -0.3 is 10.6 Å². The van der Waals surface area contributed by atoms with Crippen LogP contribution >= 0.6 is 15.9 Å². The number of allylic oxidation sites excluding steroid dienone is 2. The molecule has 2 bridgehead atoms. The van der Waals surface area contributed by atoms with Crippen molar-refractivity contribution in [2.24, 2.45) is 35.0 Å². The molecule has 142 valence electrons. The molecule has 4 aliphatic rings. The fourth-order valence-corrected chi connectivity index (χ4v) is 5.71. The average molecular weight is 429 g/mol. The molecule has 0 aromatic heterocycles.